The Bertz CT molecular complexity index is 984. The molecule has 2 aromatic carbocycles. The van der Waals surface area contributed by atoms with Gasteiger partial charge in [0.1, 0.15) is 0 Å². The van der Waals surface area contributed by atoms with Gasteiger partial charge >= 0.3 is 6.18 Å². The van der Waals surface area contributed by atoms with Crippen molar-refractivity contribution in [1.29, 1.82) is 0 Å². The quantitative estimate of drug-likeness (QED) is 0.862. The number of hydrazone groups is 1. The molecular formula is C18H17F3N2O3S. The number of nitrogens with zero attached hydrogens (tertiary/aromatic N) is 2. The molecule has 0 radical (unpaired) electrons. The number of halogens is 3. The van der Waals surface area contributed by atoms with Crippen molar-refractivity contribution in [1.82, 2.24) is 4.41 Å². The SMILES string of the molecule is Cc1ccc(C2=NN(S(=O)(=O)c3ccc(C)cc3)C(O)(C(F)(F)F)C2)cc1. The molecule has 1 aliphatic rings. The Morgan fingerprint density at radius 3 is 1.96 bits per heavy atom. The van der Waals surface area contributed by atoms with Crippen LogP contribution in [-0.4, -0.2) is 35.6 Å². The van der Waals surface area contributed by atoms with Gasteiger partial charge in [-0.25, -0.2) is 0 Å². The summed E-state index contributed by atoms with van der Waals surface area (Å²) in [5, 5.41) is 14.0. The summed E-state index contributed by atoms with van der Waals surface area (Å²) in [4.78, 5) is -0.385. The Kier molecular flexibility index (Phi) is 4.55. The van der Waals surface area contributed by atoms with E-state index in [0.29, 0.717) is 5.56 Å². The third kappa shape index (κ3) is 3.32. The number of sulfonamides is 1. The first-order valence-electron chi connectivity index (χ1n) is 8.01. The van der Waals surface area contributed by atoms with E-state index in [4.69, 9.17) is 0 Å². The summed E-state index contributed by atoms with van der Waals surface area (Å²) in [7, 11) is -4.72. The Morgan fingerprint density at radius 1 is 1.00 bits per heavy atom. The number of aryl methyl sites for hydroxylation is 2. The van der Waals surface area contributed by atoms with Gasteiger partial charge in [-0.2, -0.15) is 26.7 Å². The number of rotatable bonds is 3. The summed E-state index contributed by atoms with van der Waals surface area (Å²) in [6.45, 7) is 3.52. The van der Waals surface area contributed by atoms with E-state index in [2.05, 4.69) is 5.10 Å². The van der Waals surface area contributed by atoms with Crippen LogP contribution in [0, 0.1) is 13.8 Å². The molecule has 0 saturated carbocycles. The van der Waals surface area contributed by atoms with Crippen LogP contribution in [0.3, 0.4) is 0 Å². The Morgan fingerprint density at radius 2 is 1.48 bits per heavy atom. The highest BCUT2D eigenvalue weighted by molar-refractivity contribution is 7.89. The van der Waals surface area contributed by atoms with Gasteiger partial charge in [0.15, 0.2) is 0 Å². The zero-order valence-electron chi connectivity index (χ0n) is 14.5. The van der Waals surface area contributed by atoms with Gasteiger partial charge < -0.3 is 5.11 Å². The monoisotopic (exact) mass is 398 g/mol. The fourth-order valence-electron chi connectivity index (χ4n) is 2.71. The molecule has 0 saturated heterocycles. The second-order valence-corrected chi connectivity index (χ2v) is 8.23. The lowest BCUT2D eigenvalue weighted by Gasteiger charge is -2.33. The lowest BCUT2D eigenvalue weighted by Crippen LogP contribution is -2.56. The van der Waals surface area contributed by atoms with Gasteiger partial charge in [-0.3, -0.25) is 0 Å². The third-order valence-corrected chi connectivity index (χ3v) is 6.03. The largest absolute Gasteiger partial charge is 0.439 e. The number of benzene rings is 2. The summed E-state index contributed by atoms with van der Waals surface area (Å²) < 4.78 is 66.3. The smallest absolute Gasteiger partial charge is 0.361 e. The molecule has 1 heterocycles. The zero-order valence-corrected chi connectivity index (χ0v) is 15.3. The molecule has 1 atom stereocenters. The van der Waals surface area contributed by atoms with E-state index >= 15 is 0 Å². The molecule has 0 aliphatic carbocycles. The number of hydrogen-bond donors (Lipinski definition) is 1. The van der Waals surface area contributed by atoms with Gasteiger partial charge in [-0.05, 0) is 31.5 Å². The normalized spacial score (nSPS) is 20.7. The van der Waals surface area contributed by atoms with E-state index in [-0.39, 0.29) is 15.0 Å². The fraction of sp³-hybridized carbons (Fsp3) is 0.278. The second-order valence-electron chi connectivity index (χ2n) is 6.46. The van der Waals surface area contributed by atoms with Crippen LogP contribution in [-0.2, 0) is 10.0 Å². The van der Waals surface area contributed by atoms with E-state index in [9.17, 15) is 26.7 Å². The Labute approximate surface area is 154 Å². The van der Waals surface area contributed by atoms with Crippen LogP contribution < -0.4 is 0 Å². The molecule has 144 valence electrons. The molecule has 2 aromatic rings. The van der Waals surface area contributed by atoms with Gasteiger partial charge in [-0.15, -0.1) is 4.41 Å². The lowest BCUT2D eigenvalue weighted by atomic mass is 10.0. The molecule has 5 nitrogen and oxygen atoms in total. The highest BCUT2D eigenvalue weighted by Gasteiger charge is 2.65. The number of hydrogen-bond acceptors (Lipinski definition) is 4. The highest BCUT2D eigenvalue weighted by Crippen LogP contribution is 2.44. The Balaban J connectivity index is 2.13. The highest BCUT2D eigenvalue weighted by atomic mass is 32.2. The summed E-state index contributed by atoms with van der Waals surface area (Å²) in [6, 6.07) is 11.7. The topological polar surface area (TPSA) is 70.0 Å². The van der Waals surface area contributed by atoms with E-state index in [1.54, 1.807) is 26.0 Å². The Hall–Kier alpha value is -2.39. The second kappa shape index (κ2) is 6.35. The van der Waals surface area contributed by atoms with E-state index in [1.807, 2.05) is 0 Å². The standard InChI is InChI=1S/C18H17F3N2O3S/c1-12-3-7-14(8-4-12)16-11-17(24,18(19,20)21)23(22-16)27(25,26)15-9-5-13(2)6-10-15/h3-10,24H,11H2,1-2H3. The van der Waals surface area contributed by atoms with Crippen molar-refractivity contribution in [2.75, 3.05) is 0 Å². The van der Waals surface area contributed by atoms with Gasteiger partial charge in [0, 0.05) is 0 Å². The molecule has 0 bridgehead atoms. The molecular weight excluding hydrogens is 381 g/mol. The van der Waals surface area contributed by atoms with E-state index in [0.717, 1.165) is 11.1 Å². The maximum absolute atomic E-state index is 13.6. The van der Waals surface area contributed by atoms with Crippen LogP contribution in [0.5, 0.6) is 0 Å². The molecule has 0 fully saturated rings. The molecule has 27 heavy (non-hydrogen) atoms. The molecule has 9 heteroatoms. The van der Waals surface area contributed by atoms with Crippen LogP contribution >= 0.6 is 0 Å². The van der Waals surface area contributed by atoms with E-state index < -0.39 is 28.3 Å². The predicted octanol–water partition coefficient (Wildman–Crippen LogP) is 3.35. The molecule has 1 unspecified atom stereocenters. The fourth-order valence-corrected chi connectivity index (χ4v) is 4.16. The summed E-state index contributed by atoms with van der Waals surface area (Å²) in [5.41, 5.74) is -1.88. The first-order chi connectivity index (χ1) is 12.4. The van der Waals surface area contributed by atoms with Crippen molar-refractivity contribution in [2.24, 2.45) is 5.10 Å². The van der Waals surface area contributed by atoms with Crippen molar-refractivity contribution in [3.8, 4) is 0 Å². The average Bonchev–Trinajstić information content (AvgIpc) is 2.96. The minimum Gasteiger partial charge on any atom is -0.361 e. The van der Waals surface area contributed by atoms with Crippen molar-refractivity contribution >= 4 is 15.7 Å². The van der Waals surface area contributed by atoms with Crippen LogP contribution in [0.2, 0.25) is 0 Å². The van der Waals surface area contributed by atoms with Gasteiger partial charge in [0.2, 0.25) is 0 Å². The molecule has 0 aromatic heterocycles. The van der Waals surface area contributed by atoms with Gasteiger partial charge in [0.05, 0.1) is 17.0 Å². The maximum atomic E-state index is 13.6. The van der Waals surface area contributed by atoms with Crippen LogP contribution in [0.25, 0.3) is 0 Å². The number of aliphatic hydroxyl groups is 1. The van der Waals surface area contributed by atoms with Gasteiger partial charge in [-0.1, -0.05) is 47.5 Å². The summed E-state index contributed by atoms with van der Waals surface area (Å²) in [5.74, 6) is 0. The minimum atomic E-state index is -5.24. The van der Waals surface area contributed by atoms with Crippen molar-refractivity contribution in [3.63, 3.8) is 0 Å². The molecule has 1 aliphatic heterocycles. The van der Waals surface area contributed by atoms with Crippen molar-refractivity contribution < 1.29 is 26.7 Å². The van der Waals surface area contributed by atoms with E-state index in [1.165, 1.54) is 36.4 Å². The molecule has 1 N–H and O–H groups in total. The minimum absolute atomic E-state index is 0.162. The van der Waals surface area contributed by atoms with Crippen molar-refractivity contribution in [3.05, 3.63) is 65.2 Å². The van der Waals surface area contributed by atoms with Crippen LogP contribution in [0.15, 0.2) is 58.5 Å². The predicted molar refractivity (Wildman–Crippen MR) is 93.5 cm³/mol. The van der Waals surface area contributed by atoms with Crippen molar-refractivity contribution in [2.45, 2.75) is 37.1 Å². The maximum Gasteiger partial charge on any atom is 0.439 e. The first kappa shape index (κ1) is 19.4. The zero-order chi connectivity index (χ0) is 20.0. The van der Waals surface area contributed by atoms with Gasteiger partial charge in [0.25, 0.3) is 15.7 Å². The lowest BCUT2D eigenvalue weighted by molar-refractivity contribution is -0.291. The average molecular weight is 398 g/mol. The molecule has 3 rings (SSSR count). The van der Waals surface area contributed by atoms with Crippen LogP contribution in [0.4, 0.5) is 13.2 Å². The molecule has 0 spiro atoms. The summed E-state index contributed by atoms with van der Waals surface area (Å²) >= 11 is 0. The summed E-state index contributed by atoms with van der Waals surface area (Å²) in [6.07, 6.45) is -6.23. The first-order valence-corrected chi connectivity index (χ1v) is 9.45. The molecule has 0 amide bonds. The number of alkyl halides is 3. The van der Waals surface area contributed by atoms with Crippen LogP contribution in [0.1, 0.15) is 23.1 Å². The third-order valence-electron chi connectivity index (χ3n) is 4.33.